The van der Waals surface area contributed by atoms with E-state index >= 15 is 0 Å². The molecule has 0 saturated carbocycles. The number of alkyl halides is 3. The fourth-order valence-corrected chi connectivity index (χ4v) is 3.74. The SMILES string of the molecule is NS(=O)(=O)c1cccc(-c2cc(-c3nc(-c4ccc(Cl)cc4)cc(C(F)(F)F)n3)ccn2)c1. The molecule has 11 heteroatoms. The van der Waals surface area contributed by atoms with Gasteiger partial charge in [0.15, 0.2) is 5.82 Å². The summed E-state index contributed by atoms with van der Waals surface area (Å²) in [6.45, 7) is 0. The smallest absolute Gasteiger partial charge is 0.256 e. The van der Waals surface area contributed by atoms with Crippen LogP contribution in [0.4, 0.5) is 13.2 Å². The Hall–Kier alpha value is -3.34. The molecule has 0 radical (unpaired) electrons. The van der Waals surface area contributed by atoms with Crippen molar-refractivity contribution in [3.05, 3.63) is 83.6 Å². The molecule has 0 amide bonds. The van der Waals surface area contributed by atoms with Gasteiger partial charge < -0.3 is 0 Å². The van der Waals surface area contributed by atoms with E-state index in [0.717, 1.165) is 6.07 Å². The number of nitrogens with zero attached hydrogens (tertiary/aromatic N) is 3. The van der Waals surface area contributed by atoms with E-state index in [-0.39, 0.29) is 22.0 Å². The van der Waals surface area contributed by atoms with Crippen LogP contribution in [0.3, 0.4) is 0 Å². The summed E-state index contributed by atoms with van der Waals surface area (Å²) in [5.41, 5.74) is 0.386. The van der Waals surface area contributed by atoms with Crippen molar-refractivity contribution in [1.29, 1.82) is 0 Å². The first-order valence-electron chi connectivity index (χ1n) is 9.32. The second-order valence-corrected chi connectivity index (χ2v) is 8.97. The monoisotopic (exact) mass is 490 g/mol. The van der Waals surface area contributed by atoms with Gasteiger partial charge >= 0.3 is 6.18 Å². The van der Waals surface area contributed by atoms with Crippen molar-refractivity contribution >= 4 is 21.6 Å². The molecule has 33 heavy (non-hydrogen) atoms. The topological polar surface area (TPSA) is 98.8 Å². The fraction of sp³-hybridized carbons (Fsp3) is 0.0455. The molecule has 6 nitrogen and oxygen atoms in total. The molecule has 2 aromatic carbocycles. The van der Waals surface area contributed by atoms with Crippen LogP contribution in [-0.4, -0.2) is 23.4 Å². The Balaban J connectivity index is 1.84. The maximum atomic E-state index is 13.6. The quantitative estimate of drug-likeness (QED) is 0.424. The molecule has 4 aromatic rings. The van der Waals surface area contributed by atoms with Crippen LogP contribution in [0, 0.1) is 0 Å². The standard InChI is InChI=1S/C22H14ClF3N4O2S/c23-16-6-4-13(5-7-16)19-12-20(22(24,25)26)30-21(29-19)15-8-9-28-18(11-15)14-2-1-3-17(10-14)33(27,31)32/h1-12H,(H2,27,31,32). The minimum absolute atomic E-state index is 0.0681. The van der Waals surface area contributed by atoms with Gasteiger partial charge in [-0.25, -0.2) is 23.5 Å². The maximum absolute atomic E-state index is 13.6. The van der Waals surface area contributed by atoms with Gasteiger partial charge in [0.25, 0.3) is 0 Å². The van der Waals surface area contributed by atoms with E-state index in [1.807, 2.05) is 0 Å². The second kappa shape index (κ2) is 8.54. The zero-order chi connectivity index (χ0) is 23.8. The molecule has 0 atom stereocenters. The lowest BCUT2D eigenvalue weighted by atomic mass is 10.1. The van der Waals surface area contributed by atoms with E-state index in [9.17, 15) is 21.6 Å². The van der Waals surface area contributed by atoms with Crippen LogP contribution in [0.5, 0.6) is 0 Å². The summed E-state index contributed by atoms with van der Waals surface area (Å²) in [4.78, 5) is 12.1. The molecule has 2 N–H and O–H groups in total. The van der Waals surface area contributed by atoms with Crippen molar-refractivity contribution in [2.45, 2.75) is 11.1 Å². The first-order chi connectivity index (χ1) is 15.5. The van der Waals surface area contributed by atoms with Crippen LogP contribution in [0.15, 0.2) is 77.8 Å². The lowest BCUT2D eigenvalue weighted by molar-refractivity contribution is -0.141. The van der Waals surface area contributed by atoms with Crippen molar-refractivity contribution in [3.63, 3.8) is 0 Å². The summed E-state index contributed by atoms with van der Waals surface area (Å²) < 4.78 is 64.0. The Bertz CT molecular complexity index is 1440. The summed E-state index contributed by atoms with van der Waals surface area (Å²) >= 11 is 5.88. The summed E-state index contributed by atoms with van der Waals surface area (Å²) in [7, 11) is -3.94. The Morgan fingerprint density at radius 2 is 1.55 bits per heavy atom. The van der Waals surface area contributed by atoms with E-state index in [1.165, 1.54) is 36.5 Å². The number of hydrogen-bond donors (Lipinski definition) is 1. The highest BCUT2D eigenvalue weighted by Gasteiger charge is 2.34. The molecule has 0 aliphatic rings. The minimum atomic E-state index is -4.70. The Morgan fingerprint density at radius 3 is 2.21 bits per heavy atom. The molecular formula is C22H14ClF3N4O2S. The second-order valence-electron chi connectivity index (χ2n) is 6.97. The van der Waals surface area contributed by atoms with Crippen LogP contribution < -0.4 is 5.14 Å². The van der Waals surface area contributed by atoms with Gasteiger partial charge in [-0.05, 0) is 42.5 Å². The van der Waals surface area contributed by atoms with Gasteiger partial charge in [-0.15, -0.1) is 0 Å². The molecule has 168 valence electrons. The van der Waals surface area contributed by atoms with Crippen molar-refractivity contribution in [2.24, 2.45) is 5.14 Å². The van der Waals surface area contributed by atoms with Gasteiger partial charge in [-0.1, -0.05) is 35.9 Å². The molecule has 0 spiro atoms. The van der Waals surface area contributed by atoms with E-state index < -0.39 is 21.9 Å². The van der Waals surface area contributed by atoms with Gasteiger partial charge in [0, 0.05) is 27.9 Å². The third-order valence-electron chi connectivity index (χ3n) is 4.63. The zero-order valence-electron chi connectivity index (χ0n) is 16.6. The van der Waals surface area contributed by atoms with Crippen LogP contribution in [0.25, 0.3) is 33.9 Å². The van der Waals surface area contributed by atoms with Crippen molar-refractivity contribution in [1.82, 2.24) is 15.0 Å². The predicted octanol–water partition coefficient (Wildman–Crippen LogP) is 5.19. The number of pyridine rings is 1. The van der Waals surface area contributed by atoms with Crippen LogP contribution in [0.2, 0.25) is 5.02 Å². The van der Waals surface area contributed by atoms with Gasteiger partial charge in [0.05, 0.1) is 16.3 Å². The molecule has 2 heterocycles. The molecule has 2 aromatic heterocycles. The summed E-state index contributed by atoms with van der Waals surface area (Å²) in [6.07, 6.45) is -3.32. The van der Waals surface area contributed by atoms with Gasteiger partial charge in [-0.2, -0.15) is 13.2 Å². The van der Waals surface area contributed by atoms with E-state index in [4.69, 9.17) is 16.7 Å². The molecule has 0 fully saturated rings. The summed E-state index contributed by atoms with van der Waals surface area (Å²) in [6, 6.07) is 15.8. The molecular weight excluding hydrogens is 477 g/mol. The number of halogens is 4. The summed E-state index contributed by atoms with van der Waals surface area (Å²) in [5.74, 6) is -0.166. The molecule has 0 aliphatic heterocycles. The van der Waals surface area contributed by atoms with E-state index in [2.05, 4.69) is 15.0 Å². The zero-order valence-corrected chi connectivity index (χ0v) is 18.2. The van der Waals surface area contributed by atoms with E-state index in [0.29, 0.717) is 21.8 Å². The summed E-state index contributed by atoms with van der Waals surface area (Å²) in [5, 5.41) is 5.62. The van der Waals surface area contributed by atoms with Gasteiger partial charge in [-0.3, -0.25) is 4.98 Å². The highest BCUT2D eigenvalue weighted by atomic mass is 35.5. The van der Waals surface area contributed by atoms with Crippen molar-refractivity contribution < 1.29 is 21.6 Å². The third kappa shape index (κ3) is 5.19. The minimum Gasteiger partial charge on any atom is -0.256 e. The predicted molar refractivity (Wildman–Crippen MR) is 118 cm³/mol. The first-order valence-corrected chi connectivity index (χ1v) is 11.2. The molecule has 0 unspecified atom stereocenters. The van der Waals surface area contributed by atoms with Crippen LogP contribution in [-0.2, 0) is 16.2 Å². The Morgan fingerprint density at radius 1 is 0.818 bits per heavy atom. The number of sulfonamides is 1. The number of benzene rings is 2. The number of rotatable bonds is 4. The van der Waals surface area contributed by atoms with Crippen molar-refractivity contribution in [2.75, 3.05) is 0 Å². The van der Waals surface area contributed by atoms with E-state index in [1.54, 1.807) is 30.3 Å². The lowest BCUT2D eigenvalue weighted by Gasteiger charge is -2.12. The average molecular weight is 491 g/mol. The number of hydrogen-bond acceptors (Lipinski definition) is 5. The number of aromatic nitrogens is 3. The van der Waals surface area contributed by atoms with Gasteiger partial charge in [0.2, 0.25) is 10.0 Å². The molecule has 0 aliphatic carbocycles. The third-order valence-corrected chi connectivity index (χ3v) is 5.80. The Labute approximate surface area is 192 Å². The molecule has 0 bridgehead atoms. The normalized spacial score (nSPS) is 12.0. The highest BCUT2D eigenvalue weighted by Crippen LogP contribution is 2.33. The van der Waals surface area contributed by atoms with Crippen molar-refractivity contribution in [3.8, 4) is 33.9 Å². The molecule has 4 rings (SSSR count). The van der Waals surface area contributed by atoms with Crippen LogP contribution in [0.1, 0.15) is 5.69 Å². The highest BCUT2D eigenvalue weighted by molar-refractivity contribution is 7.89. The fourth-order valence-electron chi connectivity index (χ4n) is 3.05. The Kier molecular flexibility index (Phi) is 5.91. The number of primary sulfonamides is 1. The lowest BCUT2D eigenvalue weighted by Crippen LogP contribution is -2.12. The number of nitrogens with two attached hydrogens (primary N) is 1. The average Bonchev–Trinajstić information content (AvgIpc) is 2.78. The maximum Gasteiger partial charge on any atom is 0.433 e. The molecule has 0 saturated heterocycles. The van der Waals surface area contributed by atoms with Gasteiger partial charge in [0.1, 0.15) is 5.69 Å². The van der Waals surface area contributed by atoms with Crippen LogP contribution >= 0.6 is 11.6 Å². The first kappa shape index (κ1) is 22.8. The largest absolute Gasteiger partial charge is 0.433 e.